The van der Waals surface area contributed by atoms with E-state index in [0.29, 0.717) is 26.2 Å². The van der Waals surface area contributed by atoms with Gasteiger partial charge in [-0.1, -0.05) is 0 Å². The Kier molecular flexibility index (Phi) is 28.7. The maximum Gasteiger partial charge on any atom is 0 e. The molecule has 63 valence electrons. The van der Waals surface area contributed by atoms with Crippen molar-refractivity contribution in [1.82, 2.24) is 0 Å². The quantitative estimate of drug-likeness (QED) is 0.432. The van der Waals surface area contributed by atoms with Crippen LogP contribution >= 0.6 is 0 Å². The van der Waals surface area contributed by atoms with Gasteiger partial charge in [0.15, 0.2) is 0 Å². The zero-order valence-electron chi connectivity index (χ0n) is 5.58. The van der Waals surface area contributed by atoms with Crippen LogP contribution in [0.15, 0.2) is 0 Å². The molecule has 0 saturated heterocycles. The fourth-order valence-electron chi connectivity index (χ4n) is 0.270. The molecule has 9 heavy (non-hydrogen) atoms. The van der Waals surface area contributed by atoms with Crippen LogP contribution in [0.3, 0.4) is 0 Å². The molecule has 0 aliphatic heterocycles. The average Bonchev–Trinajstić information content (AvgIpc) is 1.69. The van der Waals surface area contributed by atoms with Gasteiger partial charge in [0.1, 0.15) is 0 Å². The second-order valence-electron chi connectivity index (χ2n) is 1.17. The fourth-order valence-corrected chi connectivity index (χ4v) is 0.270. The van der Waals surface area contributed by atoms with Crippen LogP contribution in [0.5, 0.6) is 0 Å². The first-order valence-electron chi connectivity index (χ1n) is 2.34. The number of hydrogen-bond acceptors (Lipinski definition) is 0. The standard InChI is InChI=1S/C4H10N3.CH3.Au/c5-1-3-7-4-2-6;;/h5-6H,1-4H2;1H3;/q-3;-1;. The van der Waals surface area contributed by atoms with E-state index in [1.807, 2.05) is 0 Å². The maximum atomic E-state index is 6.63. The van der Waals surface area contributed by atoms with Gasteiger partial charge in [0, 0.05) is 22.4 Å². The summed E-state index contributed by atoms with van der Waals surface area (Å²) < 4.78 is 0. The van der Waals surface area contributed by atoms with Gasteiger partial charge in [0.25, 0.3) is 0 Å². The van der Waals surface area contributed by atoms with Crippen molar-refractivity contribution >= 4 is 0 Å². The van der Waals surface area contributed by atoms with Gasteiger partial charge < -0.3 is 24.2 Å². The van der Waals surface area contributed by atoms with E-state index in [-0.39, 0.29) is 29.8 Å². The van der Waals surface area contributed by atoms with Crippen molar-refractivity contribution in [2.75, 3.05) is 26.2 Å². The van der Waals surface area contributed by atoms with Crippen LogP contribution < -0.4 is 0 Å². The van der Waals surface area contributed by atoms with Gasteiger partial charge in [-0.25, -0.2) is 0 Å². The van der Waals surface area contributed by atoms with Gasteiger partial charge in [-0.15, -0.1) is 0 Å². The third-order valence-corrected chi connectivity index (χ3v) is 0.540. The molecule has 2 N–H and O–H groups in total. The van der Waals surface area contributed by atoms with Gasteiger partial charge in [-0.3, -0.25) is 0 Å². The zero-order chi connectivity index (χ0) is 5.54. The number of nitrogens with one attached hydrogen (secondary N) is 2. The maximum absolute atomic E-state index is 6.63. The summed E-state index contributed by atoms with van der Waals surface area (Å²) >= 11 is 0. The third-order valence-electron chi connectivity index (χ3n) is 0.540. The van der Waals surface area contributed by atoms with E-state index in [4.69, 9.17) is 11.5 Å². The first-order valence-corrected chi connectivity index (χ1v) is 2.34. The van der Waals surface area contributed by atoms with Crippen molar-refractivity contribution in [1.29, 1.82) is 0 Å². The van der Waals surface area contributed by atoms with Crippen molar-refractivity contribution in [2.24, 2.45) is 0 Å². The minimum absolute atomic E-state index is 0. The summed E-state index contributed by atoms with van der Waals surface area (Å²) in [4.78, 5) is 0. The first-order chi connectivity index (χ1) is 3.41. The molecule has 0 aromatic rings. The molecular weight excluding hydrogens is 299 g/mol. The van der Waals surface area contributed by atoms with Crippen LogP contribution in [0.1, 0.15) is 0 Å². The van der Waals surface area contributed by atoms with Crippen LogP contribution in [-0.2, 0) is 22.4 Å². The summed E-state index contributed by atoms with van der Waals surface area (Å²) in [6, 6.07) is 0. The minimum Gasteiger partial charge on any atom is -0.679 e. The smallest absolute Gasteiger partial charge is 0 e. The summed E-state index contributed by atoms with van der Waals surface area (Å²) in [5.74, 6) is 0. The second-order valence-corrected chi connectivity index (χ2v) is 1.17. The first kappa shape index (κ1) is 16.3. The van der Waals surface area contributed by atoms with E-state index in [9.17, 15) is 0 Å². The Labute approximate surface area is 73.1 Å². The zero-order valence-corrected chi connectivity index (χ0v) is 7.74. The van der Waals surface area contributed by atoms with Gasteiger partial charge in [-0.05, 0) is 0 Å². The Morgan fingerprint density at radius 3 is 1.56 bits per heavy atom. The van der Waals surface area contributed by atoms with Gasteiger partial charge in [0.05, 0.1) is 0 Å². The summed E-state index contributed by atoms with van der Waals surface area (Å²) in [5.41, 5.74) is 13.3. The van der Waals surface area contributed by atoms with Crippen molar-refractivity contribution in [3.63, 3.8) is 0 Å². The summed E-state index contributed by atoms with van der Waals surface area (Å²) in [5, 5.41) is 3.83. The predicted molar refractivity (Wildman–Crippen MR) is 37.9 cm³/mol. The molecule has 4 heteroatoms. The van der Waals surface area contributed by atoms with Gasteiger partial charge in [-0.2, -0.15) is 26.2 Å². The Morgan fingerprint density at radius 2 is 1.33 bits per heavy atom. The number of nitrogens with zero attached hydrogens (tertiary/aromatic N) is 1. The monoisotopic (exact) mass is 312 g/mol. The molecule has 0 rings (SSSR count). The topological polar surface area (TPSA) is 61.7 Å². The van der Waals surface area contributed by atoms with E-state index >= 15 is 0 Å². The summed E-state index contributed by atoms with van der Waals surface area (Å²) in [6.07, 6.45) is 0. The molecule has 0 heterocycles. The minimum atomic E-state index is 0. The molecule has 0 aromatic heterocycles. The average molecular weight is 312 g/mol. The van der Waals surface area contributed by atoms with Crippen LogP contribution in [0.2, 0.25) is 0 Å². The fraction of sp³-hybridized carbons (Fsp3) is 0.800. The van der Waals surface area contributed by atoms with E-state index in [1.165, 1.54) is 0 Å². The molecule has 0 bridgehead atoms. The Balaban J connectivity index is -0.000000180. The molecule has 0 aliphatic rings. The summed E-state index contributed by atoms with van der Waals surface area (Å²) in [7, 11) is 0. The van der Waals surface area contributed by atoms with E-state index in [2.05, 4.69) is 5.32 Å². The molecule has 0 aromatic carbocycles. The molecule has 0 fully saturated rings. The number of hydrogen-bond donors (Lipinski definition) is 0. The van der Waals surface area contributed by atoms with Crippen molar-refractivity contribution in [2.45, 2.75) is 0 Å². The predicted octanol–water partition coefficient (Wildman–Crippen LogP) is 1.91. The molecule has 1 radical (unpaired) electrons. The Morgan fingerprint density at radius 1 is 1.00 bits per heavy atom. The van der Waals surface area contributed by atoms with Gasteiger partial charge >= 0.3 is 0 Å². The Hall–Kier alpha value is 0.620. The molecule has 0 spiro atoms. The van der Waals surface area contributed by atoms with Crippen molar-refractivity contribution in [3.8, 4) is 0 Å². The molecule has 0 saturated carbocycles. The molecule has 0 amide bonds. The van der Waals surface area contributed by atoms with Crippen LogP contribution in [-0.4, -0.2) is 26.2 Å². The van der Waals surface area contributed by atoms with Crippen LogP contribution in [0.4, 0.5) is 0 Å². The molecular formula is C5H13AuN3-4. The molecule has 0 unspecified atom stereocenters. The second kappa shape index (κ2) is 15.8. The third kappa shape index (κ3) is 17.7. The molecule has 3 nitrogen and oxygen atoms in total. The van der Waals surface area contributed by atoms with Crippen molar-refractivity contribution < 1.29 is 22.4 Å². The summed E-state index contributed by atoms with van der Waals surface area (Å²) in [6.45, 7) is 1.91. The van der Waals surface area contributed by atoms with Crippen LogP contribution in [0.25, 0.3) is 16.8 Å². The normalized spacial score (nSPS) is 7.33. The van der Waals surface area contributed by atoms with E-state index < -0.39 is 0 Å². The van der Waals surface area contributed by atoms with Gasteiger partial charge in [0.2, 0.25) is 0 Å². The number of rotatable bonds is 4. The van der Waals surface area contributed by atoms with E-state index in [0.717, 1.165) is 0 Å². The molecule has 0 aliphatic carbocycles. The largest absolute Gasteiger partial charge is 0.679 e. The SMILES string of the molecule is [Au].[CH3-].[NH-]CC[N-]CC[NH-]. The van der Waals surface area contributed by atoms with Crippen molar-refractivity contribution in [3.05, 3.63) is 24.2 Å². The van der Waals surface area contributed by atoms with E-state index in [1.54, 1.807) is 0 Å². The van der Waals surface area contributed by atoms with Crippen LogP contribution in [0, 0.1) is 7.43 Å². The Bertz CT molecular complexity index is 31.4. The molecule has 0 atom stereocenters.